The van der Waals surface area contributed by atoms with Crippen molar-refractivity contribution < 1.29 is 4.57 Å². The fourth-order valence-corrected chi connectivity index (χ4v) is 0. The van der Waals surface area contributed by atoms with Gasteiger partial charge in [-0.25, -0.2) is 0 Å². The zero-order valence-corrected chi connectivity index (χ0v) is 4.04. The Labute approximate surface area is 36.5 Å². The zero-order valence-electron chi connectivity index (χ0n) is 2.39. The summed E-state index contributed by atoms with van der Waals surface area (Å²) in [4.78, 5) is 0. The highest BCUT2D eigenvalue weighted by Gasteiger charge is 1.95. The molecule has 0 atom stereocenters. The molecule has 0 unspecified atom stereocenters. The number of halogens is 1. The number of hydrogen-bond donors (Lipinski definition) is 0. The van der Waals surface area contributed by atoms with E-state index in [1.807, 2.05) is 0 Å². The summed E-state index contributed by atoms with van der Waals surface area (Å²) in [7, 11) is 0. The molecule has 0 aliphatic carbocycles. The lowest BCUT2D eigenvalue weighted by Gasteiger charge is -1.80. The minimum atomic E-state index is -3.17. The van der Waals surface area contributed by atoms with Gasteiger partial charge in [-0.2, -0.15) is 0 Å². The molecule has 0 fully saturated rings. The Morgan fingerprint density at radius 1 is 1.60 bits per heavy atom. The van der Waals surface area contributed by atoms with Crippen LogP contribution in [0.2, 0.25) is 0 Å². The molecule has 0 saturated heterocycles. The molecule has 0 saturated carbocycles. The smallest absolute Gasteiger partial charge is 0.178 e. The van der Waals surface area contributed by atoms with Gasteiger partial charge >= 0.3 is 0 Å². The van der Waals surface area contributed by atoms with Crippen molar-refractivity contribution in [3.63, 3.8) is 0 Å². The van der Waals surface area contributed by atoms with Gasteiger partial charge in [0, 0.05) is 13.3 Å². The third kappa shape index (κ3) is 106. The molecular weight excluding hydrogens is 106 g/mol. The van der Waals surface area contributed by atoms with Crippen LogP contribution in [-0.2, 0) is 4.57 Å². The van der Waals surface area contributed by atoms with E-state index >= 15 is 0 Å². The molecule has 0 rings (SSSR count). The first-order chi connectivity index (χ1) is 2.00. The van der Waals surface area contributed by atoms with Gasteiger partial charge in [0.1, 0.15) is 0 Å². The third-order valence-corrected chi connectivity index (χ3v) is 0. The van der Waals surface area contributed by atoms with Crippen molar-refractivity contribution in [2.24, 2.45) is 0 Å². The topological polar surface area (TPSA) is 17.1 Å². The molecule has 0 aliphatic rings. The second kappa shape index (κ2) is 1.32. The Balaban J connectivity index is 3.47. The lowest BCUT2D eigenvalue weighted by atomic mass is 11.9. The molecule has 0 amide bonds. The van der Waals surface area contributed by atoms with E-state index in [4.69, 9.17) is 0 Å². The first kappa shape index (κ1) is 5.52. The van der Waals surface area contributed by atoms with Gasteiger partial charge in [0.25, 0.3) is 0 Å². The summed E-state index contributed by atoms with van der Waals surface area (Å²) in [5.41, 5.74) is 0. The van der Waals surface area contributed by atoms with Gasteiger partial charge in [0.15, 0.2) is 6.49 Å². The molecule has 0 spiro atoms. The van der Waals surface area contributed by atoms with E-state index in [1.54, 1.807) is 0 Å². The van der Waals surface area contributed by atoms with Gasteiger partial charge < -0.3 is 4.57 Å². The van der Waals surface area contributed by atoms with Crippen LogP contribution in [0.4, 0.5) is 0 Å². The van der Waals surface area contributed by atoms with E-state index in [9.17, 15) is 4.57 Å². The van der Waals surface area contributed by atoms with Crippen molar-refractivity contribution in [2.75, 3.05) is 0 Å². The summed E-state index contributed by atoms with van der Waals surface area (Å²) in [6.07, 6.45) is 0. The van der Waals surface area contributed by atoms with Crippen LogP contribution < -0.4 is 0 Å². The molecule has 1 nitrogen and oxygen atoms in total. The van der Waals surface area contributed by atoms with Crippen LogP contribution in [0.25, 0.3) is 0 Å². The van der Waals surface area contributed by atoms with Crippen molar-refractivity contribution >= 4 is 17.7 Å². The molecular formula is C2H2ClOP. The Morgan fingerprint density at radius 2 is 1.60 bits per heavy atom. The molecule has 5 heavy (non-hydrogen) atoms. The molecule has 3 heteroatoms. The van der Waals surface area contributed by atoms with E-state index in [1.165, 1.54) is 0 Å². The maximum atomic E-state index is 9.54. The number of rotatable bonds is 0. The van der Waals surface area contributed by atoms with Crippen LogP contribution in [0.3, 0.4) is 0 Å². The van der Waals surface area contributed by atoms with Crippen LogP contribution in [-0.4, -0.2) is 0 Å². The molecule has 0 N–H and O–H groups in total. The van der Waals surface area contributed by atoms with Gasteiger partial charge in [0.2, 0.25) is 0 Å². The fourth-order valence-electron chi connectivity index (χ4n) is 0. The molecule has 0 aromatic heterocycles. The first-order valence-corrected chi connectivity index (χ1v) is 3.62. The Kier molecular flexibility index (Phi) is 1.45. The van der Waals surface area contributed by atoms with Gasteiger partial charge in [-0.3, -0.25) is 0 Å². The Bertz CT molecular complexity index is 55.8. The Hall–Kier alpha value is 0.520. The predicted molar refractivity (Wildman–Crippen MR) is 22.1 cm³/mol. The second-order valence-electron chi connectivity index (χ2n) is 0.624. The normalized spacial score (nSPS) is 11.8. The first-order valence-electron chi connectivity index (χ1n) is 0.868. The van der Waals surface area contributed by atoms with E-state index < -0.39 is 6.49 Å². The molecule has 0 aromatic carbocycles. The van der Waals surface area contributed by atoms with E-state index in [2.05, 4.69) is 24.6 Å². The fraction of sp³-hybridized carbons (Fsp3) is 0. The second-order valence-corrected chi connectivity index (χ2v) is 3.46. The monoisotopic (exact) mass is 108 g/mol. The van der Waals surface area contributed by atoms with E-state index in [0.29, 0.717) is 0 Å². The highest BCUT2D eigenvalue weighted by atomic mass is 35.7. The minimum Gasteiger partial charge on any atom is -0.306 e. The minimum absolute atomic E-state index is 3.17. The van der Waals surface area contributed by atoms with Gasteiger partial charge in [-0.1, -0.05) is 11.2 Å². The van der Waals surface area contributed by atoms with Crippen molar-refractivity contribution in [1.29, 1.82) is 0 Å². The zero-order chi connectivity index (χ0) is 4.50. The summed E-state index contributed by atoms with van der Waals surface area (Å²) in [5, 5.41) is 0. The highest BCUT2D eigenvalue weighted by Crippen LogP contribution is 2.46. The molecule has 0 bridgehead atoms. The average Bonchev–Trinajstić information content (AvgIpc) is 0.722. The predicted octanol–water partition coefficient (Wildman–Crippen LogP) is 1.84. The van der Waals surface area contributed by atoms with Crippen molar-refractivity contribution in [3.8, 4) is 0 Å². The summed E-state index contributed by atoms with van der Waals surface area (Å²) < 4.78 is 9.54. The maximum absolute atomic E-state index is 9.54. The Morgan fingerprint density at radius 3 is 1.60 bits per heavy atom. The summed E-state index contributed by atoms with van der Waals surface area (Å²) in [5.74, 6) is 0. The maximum Gasteiger partial charge on any atom is 0.178 e. The van der Waals surface area contributed by atoms with E-state index in [0.717, 1.165) is 0 Å². The van der Waals surface area contributed by atoms with Gasteiger partial charge in [-0.05, 0) is 0 Å². The molecule has 0 heterocycles. The highest BCUT2D eigenvalue weighted by molar-refractivity contribution is 7.91. The van der Waals surface area contributed by atoms with Crippen LogP contribution in [0.1, 0.15) is 0 Å². The van der Waals surface area contributed by atoms with E-state index in [-0.39, 0.29) is 0 Å². The lowest BCUT2D eigenvalue weighted by molar-refractivity contribution is 0.594. The number of hydrogen-bond acceptors (Lipinski definition) is 1. The van der Waals surface area contributed by atoms with Gasteiger partial charge in [-0.15, -0.1) is 0 Å². The average molecular weight is 108 g/mol. The molecule has 28 valence electrons. The quantitative estimate of drug-likeness (QED) is 0.433. The van der Waals surface area contributed by atoms with Crippen molar-refractivity contribution in [3.05, 3.63) is 13.3 Å². The summed E-state index contributed by atoms with van der Waals surface area (Å²) >= 11 is 4.64. The molecule has 4 radical (unpaired) electrons. The molecule has 0 aromatic rings. The standard InChI is InChI=1S/C2H2ClOP/c1-5(2,3)4/h1-2H. The van der Waals surface area contributed by atoms with Crippen LogP contribution >= 0.6 is 17.7 Å². The van der Waals surface area contributed by atoms with Crippen molar-refractivity contribution in [2.45, 2.75) is 0 Å². The lowest BCUT2D eigenvalue weighted by Crippen LogP contribution is -1.38. The van der Waals surface area contributed by atoms with Crippen molar-refractivity contribution in [1.82, 2.24) is 0 Å². The third-order valence-electron chi connectivity index (χ3n) is 0. The largest absolute Gasteiger partial charge is 0.306 e. The van der Waals surface area contributed by atoms with Crippen LogP contribution in [0, 0.1) is 13.3 Å². The van der Waals surface area contributed by atoms with Gasteiger partial charge in [0.05, 0.1) is 0 Å². The molecule has 0 aliphatic heterocycles. The van der Waals surface area contributed by atoms with Crippen LogP contribution in [0.5, 0.6) is 0 Å². The van der Waals surface area contributed by atoms with Crippen LogP contribution in [0.15, 0.2) is 0 Å². The summed E-state index contributed by atoms with van der Waals surface area (Å²) in [6, 6.07) is 0. The SMILES string of the molecule is [CH]P([CH])(=O)Cl. The summed E-state index contributed by atoms with van der Waals surface area (Å²) in [6.45, 7) is 5.74.